The van der Waals surface area contributed by atoms with Gasteiger partial charge in [0.2, 0.25) is 5.88 Å². The molecule has 21 heavy (non-hydrogen) atoms. The fraction of sp³-hybridized carbons (Fsp3) is 0.0667. The van der Waals surface area contributed by atoms with Gasteiger partial charge < -0.3 is 15.0 Å². The molecular weight excluding hydrogens is 273 g/mol. The largest absolute Gasteiger partial charge is 0.494 e. The van der Waals surface area contributed by atoms with E-state index in [1.54, 1.807) is 37.7 Å². The van der Waals surface area contributed by atoms with Gasteiger partial charge in [-0.2, -0.15) is 0 Å². The number of ether oxygens (including phenoxy) is 1. The van der Waals surface area contributed by atoms with Crippen LogP contribution in [0.2, 0.25) is 0 Å². The van der Waals surface area contributed by atoms with Crippen LogP contribution in [0.4, 0.5) is 10.3 Å². The molecule has 0 amide bonds. The van der Waals surface area contributed by atoms with Crippen molar-refractivity contribution in [2.75, 3.05) is 12.8 Å². The molecule has 2 heterocycles. The summed E-state index contributed by atoms with van der Waals surface area (Å²) in [5.41, 5.74) is 8.40. The summed E-state index contributed by atoms with van der Waals surface area (Å²) in [6, 6.07) is 7.71. The number of aromatic nitrogens is 2. The van der Waals surface area contributed by atoms with Gasteiger partial charge in [-0.1, -0.05) is 17.3 Å². The Balaban J connectivity index is 2.19. The van der Waals surface area contributed by atoms with Crippen LogP contribution in [0, 0.1) is 5.82 Å². The van der Waals surface area contributed by atoms with E-state index in [0.29, 0.717) is 28.1 Å². The zero-order valence-corrected chi connectivity index (χ0v) is 11.2. The molecule has 2 N–H and O–H groups in total. The van der Waals surface area contributed by atoms with E-state index in [2.05, 4.69) is 10.1 Å². The van der Waals surface area contributed by atoms with Crippen molar-refractivity contribution in [2.45, 2.75) is 0 Å². The molecule has 0 unspecified atom stereocenters. The maximum absolute atomic E-state index is 13.1. The van der Waals surface area contributed by atoms with E-state index in [4.69, 9.17) is 15.0 Å². The molecule has 6 heteroatoms. The van der Waals surface area contributed by atoms with Gasteiger partial charge in [0.15, 0.2) is 0 Å². The third-order valence-corrected chi connectivity index (χ3v) is 3.11. The number of nitrogen functional groups attached to an aromatic ring is 1. The molecule has 1 aromatic carbocycles. The minimum absolute atomic E-state index is 0.162. The Bertz CT molecular complexity index is 769. The van der Waals surface area contributed by atoms with Gasteiger partial charge in [-0.15, -0.1) is 0 Å². The second kappa shape index (κ2) is 5.24. The number of hydrogen-bond acceptors (Lipinski definition) is 5. The number of halogens is 1. The maximum Gasteiger partial charge on any atom is 0.230 e. The van der Waals surface area contributed by atoms with Crippen molar-refractivity contribution < 1.29 is 13.7 Å². The van der Waals surface area contributed by atoms with Crippen molar-refractivity contribution >= 4 is 5.88 Å². The molecule has 0 atom stereocenters. The van der Waals surface area contributed by atoms with Gasteiger partial charge in [0.1, 0.15) is 17.3 Å². The Kier molecular flexibility index (Phi) is 3.27. The zero-order chi connectivity index (χ0) is 14.8. The molecular formula is C15H12FN3O2. The summed E-state index contributed by atoms with van der Waals surface area (Å²) in [4.78, 5) is 4.00. The predicted molar refractivity (Wildman–Crippen MR) is 76.1 cm³/mol. The van der Waals surface area contributed by atoms with E-state index in [0.717, 1.165) is 0 Å². The Morgan fingerprint density at radius 3 is 2.67 bits per heavy atom. The van der Waals surface area contributed by atoms with Crippen LogP contribution in [0.15, 0.2) is 47.2 Å². The average molecular weight is 285 g/mol. The van der Waals surface area contributed by atoms with E-state index in [9.17, 15) is 4.39 Å². The minimum Gasteiger partial charge on any atom is -0.494 e. The molecule has 3 aromatic rings. The van der Waals surface area contributed by atoms with E-state index in [1.807, 2.05) is 0 Å². The predicted octanol–water partition coefficient (Wildman–Crippen LogP) is 3.13. The van der Waals surface area contributed by atoms with Crippen LogP contribution in [0.25, 0.3) is 22.4 Å². The first-order valence-electron chi connectivity index (χ1n) is 6.20. The Morgan fingerprint density at radius 2 is 1.95 bits per heavy atom. The van der Waals surface area contributed by atoms with Gasteiger partial charge in [0.05, 0.1) is 18.9 Å². The Hall–Kier alpha value is -2.89. The van der Waals surface area contributed by atoms with Crippen LogP contribution in [-0.4, -0.2) is 17.3 Å². The number of benzene rings is 1. The summed E-state index contributed by atoms with van der Waals surface area (Å²) < 4.78 is 23.4. The average Bonchev–Trinajstić information content (AvgIpc) is 2.90. The lowest BCUT2D eigenvalue weighted by Gasteiger charge is -2.07. The maximum atomic E-state index is 13.1. The lowest BCUT2D eigenvalue weighted by molar-refractivity contribution is 0.412. The smallest absolute Gasteiger partial charge is 0.230 e. The lowest BCUT2D eigenvalue weighted by atomic mass is 10.0. The quantitative estimate of drug-likeness (QED) is 0.800. The summed E-state index contributed by atoms with van der Waals surface area (Å²) >= 11 is 0. The first-order valence-corrected chi connectivity index (χ1v) is 6.20. The molecule has 0 aliphatic heterocycles. The fourth-order valence-electron chi connectivity index (χ4n) is 2.12. The van der Waals surface area contributed by atoms with Gasteiger partial charge in [-0.3, -0.25) is 4.98 Å². The van der Waals surface area contributed by atoms with E-state index in [1.165, 1.54) is 12.1 Å². The van der Waals surface area contributed by atoms with Gasteiger partial charge in [0.25, 0.3) is 0 Å². The van der Waals surface area contributed by atoms with Crippen LogP contribution < -0.4 is 10.5 Å². The molecule has 3 rings (SSSR count). The second-order valence-electron chi connectivity index (χ2n) is 4.35. The lowest BCUT2D eigenvalue weighted by Crippen LogP contribution is -1.92. The summed E-state index contributed by atoms with van der Waals surface area (Å²) in [5, 5.41) is 3.99. The normalized spacial score (nSPS) is 10.6. The minimum atomic E-state index is -0.322. The van der Waals surface area contributed by atoms with E-state index < -0.39 is 0 Å². The highest BCUT2D eigenvalue weighted by Gasteiger charge is 2.20. The number of nitrogens with two attached hydrogens (primary N) is 1. The van der Waals surface area contributed by atoms with Crippen LogP contribution in [0.1, 0.15) is 0 Å². The number of rotatable bonds is 3. The van der Waals surface area contributed by atoms with Gasteiger partial charge >= 0.3 is 0 Å². The third kappa shape index (κ3) is 2.31. The second-order valence-corrected chi connectivity index (χ2v) is 4.35. The highest BCUT2D eigenvalue weighted by Crippen LogP contribution is 2.39. The number of nitrogens with zero attached hydrogens (tertiary/aromatic N) is 2. The van der Waals surface area contributed by atoms with Crippen molar-refractivity contribution in [3.63, 3.8) is 0 Å². The first kappa shape index (κ1) is 13.1. The molecule has 0 bridgehead atoms. The van der Waals surface area contributed by atoms with Gasteiger partial charge in [-0.25, -0.2) is 4.39 Å². The molecule has 0 radical (unpaired) electrons. The third-order valence-electron chi connectivity index (χ3n) is 3.11. The molecule has 0 aliphatic carbocycles. The number of anilines is 1. The van der Waals surface area contributed by atoms with Crippen molar-refractivity contribution in [1.82, 2.24) is 10.1 Å². The zero-order valence-electron chi connectivity index (χ0n) is 11.2. The number of hydrogen-bond donors (Lipinski definition) is 1. The van der Waals surface area contributed by atoms with Crippen LogP contribution >= 0.6 is 0 Å². The summed E-state index contributed by atoms with van der Waals surface area (Å²) in [6.45, 7) is 0. The van der Waals surface area contributed by atoms with Crippen molar-refractivity contribution in [3.8, 4) is 28.1 Å². The highest BCUT2D eigenvalue weighted by molar-refractivity contribution is 5.88. The highest BCUT2D eigenvalue weighted by atomic mass is 19.1. The van der Waals surface area contributed by atoms with E-state index in [-0.39, 0.29) is 11.7 Å². The van der Waals surface area contributed by atoms with Crippen molar-refractivity contribution in [3.05, 3.63) is 48.5 Å². The summed E-state index contributed by atoms with van der Waals surface area (Å²) in [6.07, 6.45) is 3.20. The molecule has 0 spiro atoms. The monoisotopic (exact) mass is 285 g/mol. The van der Waals surface area contributed by atoms with E-state index >= 15 is 0 Å². The first-order chi connectivity index (χ1) is 10.2. The molecule has 106 valence electrons. The number of pyridine rings is 1. The molecule has 0 saturated carbocycles. The van der Waals surface area contributed by atoms with Crippen LogP contribution in [0.5, 0.6) is 5.75 Å². The van der Waals surface area contributed by atoms with Crippen LogP contribution in [0.3, 0.4) is 0 Å². The Morgan fingerprint density at radius 1 is 1.19 bits per heavy atom. The SMILES string of the molecule is COc1cnccc1-c1noc(N)c1-c1ccc(F)cc1. The standard InChI is InChI=1S/C15H12FN3O2/c1-20-12-8-18-7-6-11(12)14-13(15(17)21-19-14)9-2-4-10(16)5-3-9/h2-8H,17H2,1H3. The molecule has 0 aliphatic rings. The molecule has 0 saturated heterocycles. The molecule has 5 nitrogen and oxygen atoms in total. The van der Waals surface area contributed by atoms with Crippen molar-refractivity contribution in [1.29, 1.82) is 0 Å². The van der Waals surface area contributed by atoms with Crippen molar-refractivity contribution in [2.24, 2.45) is 0 Å². The van der Waals surface area contributed by atoms with Gasteiger partial charge in [0, 0.05) is 11.8 Å². The van der Waals surface area contributed by atoms with Crippen LogP contribution in [-0.2, 0) is 0 Å². The summed E-state index contributed by atoms with van der Waals surface area (Å²) in [5.74, 6) is 0.390. The fourth-order valence-corrected chi connectivity index (χ4v) is 2.12. The topological polar surface area (TPSA) is 74.2 Å². The Labute approximate surface area is 120 Å². The van der Waals surface area contributed by atoms with Gasteiger partial charge in [-0.05, 0) is 23.8 Å². The molecule has 0 fully saturated rings. The molecule has 2 aromatic heterocycles. The number of methoxy groups -OCH3 is 1. The summed E-state index contributed by atoms with van der Waals surface area (Å²) in [7, 11) is 1.54.